The molecule has 0 bridgehead atoms. The molecular formula is C40H68N2O31. The number of aliphatic hydroxyl groups excluding tert-OH is 18. The van der Waals surface area contributed by atoms with Gasteiger partial charge in [-0.1, -0.05) is 0 Å². The van der Waals surface area contributed by atoms with E-state index in [0.717, 1.165) is 13.8 Å². The Bertz CT molecular complexity index is 1750. The van der Waals surface area contributed by atoms with Crippen LogP contribution >= 0.6 is 0 Å². The van der Waals surface area contributed by atoms with Crippen LogP contribution < -0.4 is 10.6 Å². The third kappa shape index (κ3) is 13.0. The Morgan fingerprint density at radius 2 is 0.726 bits per heavy atom. The maximum atomic E-state index is 12.6. The minimum Gasteiger partial charge on any atom is -0.394 e. The summed E-state index contributed by atoms with van der Waals surface area (Å²) in [6.07, 6.45) is -53.8. The van der Waals surface area contributed by atoms with E-state index in [-0.39, 0.29) is 0 Å². The normalized spacial score (nSPS) is 49.8. The molecular weight excluding hydrogens is 1000 g/mol. The van der Waals surface area contributed by atoms with Crippen molar-refractivity contribution in [1.29, 1.82) is 0 Å². The lowest BCUT2D eigenvalue weighted by atomic mass is 9.94. The first-order valence-electron chi connectivity index (χ1n) is 23.1. The second-order valence-electron chi connectivity index (χ2n) is 18.3. The Morgan fingerprint density at radius 1 is 0.356 bits per heavy atom. The summed E-state index contributed by atoms with van der Waals surface area (Å²) in [5.74, 6) is -1.56. The van der Waals surface area contributed by atoms with Gasteiger partial charge in [-0.05, 0) is 0 Å². The maximum Gasteiger partial charge on any atom is 0.217 e. The van der Waals surface area contributed by atoms with Crippen molar-refractivity contribution in [2.45, 2.75) is 198 Å². The van der Waals surface area contributed by atoms with Crippen LogP contribution in [-0.2, 0) is 61.7 Å². The monoisotopic (exact) mass is 1070 g/mol. The van der Waals surface area contributed by atoms with E-state index in [1.165, 1.54) is 0 Å². The highest BCUT2D eigenvalue weighted by atomic mass is 16.8. The summed E-state index contributed by atoms with van der Waals surface area (Å²) in [5, 5.41) is 197. The van der Waals surface area contributed by atoms with E-state index < -0.39 is 236 Å². The number of rotatable bonds is 18. The van der Waals surface area contributed by atoms with Crippen LogP contribution in [0.25, 0.3) is 0 Å². The molecule has 6 rings (SSSR count). The van der Waals surface area contributed by atoms with Crippen molar-refractivity contribution in [2.24, 2.45) is 0 Å². The lowest BCUT2D eigenvalue weighted by Crippen LogP contribution is -2.70. The fourth-order valence-electron chi connectivity index (χ4n) is 9.20. The summed E-state index contributed by atoms with van der Waals surface area (Å²) in [6.45, 7) is -3.66. The summed E-state index contributed by atoms with van der Waals surface area (Å²) in [5.41, 5.74) is 0. The molecule has 0 aliphatic carbocycles. The SMILES string of the molecule is CC(=O)N[C@@H]1[C@@H](O)[C@H](O[C@@H]2O[C@H](CO)[C@@H](O[C@@H]3O[C@H](CO[C@H]4O[C@H](CO)[C@@H](O)[C@H](O)[C@@H]4O[C@H]4O[C@H](CO)[C@@H](O)[C@H](O)[C@@H]4O)[C@@H](O)[C@H](O[C@H]4O[C@H](CO)[C@@H](O)[C@H](O)[C@@H]4O)[C@@H]3O)[C@H](O)[C@H]2NC(C)=O)[C@@H](CO)O[C@H]1O. The van der Waals surface area contributed by atoms with E-state index in [9.17, 15) is 102 Å². The molecule has 0 aromatic heterocycles. The van der Waals surface area contributed by atoms with Crippen LogP contribution in [0, 0.1) is 0 Å². The number of ether oxygens (including phenoxy) is 11. The molecule has 2 amide bonds. The summed E-state index contributed by atoms with van der Waals surface area (Å²) < 4.78 is 62.8. The van der Waals surface area contributed by atoms with Gasteiger partial charge in [0.25, 0.3) is 0 Å². The molecule has 0 spiro atoms. The van der Waals surface area contributed by atoms with Crippen LogP contribution in [-0.4, -0.2) is 327 Å². The smallest absolute Gasteiger partial charge is 0.217 e. The molecule has 73 heavy (non-hydrogen) atoms. The number of aliphatic hydroxyl groups is 18. The van der Waals surface area contributed by atoms with Gasteiger partial charge in [-0.2, -0.15) is 0 Å². The first-order valence-corrected chi connectivity index (χ1v) is 23.1. The quantitative estimate of drug-likeness (QED) is 0.0606. The van der Waals surface area contributed by atoms with Gasteiger partial charge in [0, 0.05) is 13.8 Å². The molecule has 20 N–H and O–H groups in total. The number of hydrogen-bond acceptors (Lipinski definition) is 31. The van der Waals surface area contributed by atoms with Crippen LogP contribution in [0.4, 0.5) is 0 Å². The average Bonchev–Trinajstić information content (AvgIpc) is 3.35. The van der Waals surface area contributed by atoms with Gasteiger partial charge in [0.2, 0.25) is 11.8 Å². The van der Waals surface area contributed by atoms with E-state index in [1.807, 2.05) is 0 Å². The van der Waals surface area contributed by atoms with Gasteiger partial charge in [0.1, 0.15) is 146 Å². The van der Waals surface area contributed by atoms with Gasteiger partial charge in [-0.25, -0.2) is 0 Å². The van der Waals surface area contributed by atoms with Gasteiger partial charge < -0.3 is 155 Å². The molecule has 0 saturated carbocycles. The minimum absolute atomic E-state index is 0.718. The minimum atomic E-state index is -2.28. The average molecular weight is 1070 g/mol. The fraction of sp³-hybridized carbons (Fsp3) is 0.950. The molecule has 6 aliphatic heterocycles. The third-order valence-electron chi connectivity index (χ3n) is 13.2. The molecule has 0 aromatic rings. The van der Waals surface area contributed by atoms with Crippen LogP contribution in [0.1, 0.15) is 13.8 Å². The molecule has 424 valence electrons. The zero-order chi connectivity index (χ0) is 53.9. The van der Waals surface area contributed by atoms with Crippen molar-refractivity contribution in [1.82, 2.24) is 10.6 Å². The molecule has 6 saturated heterocycles. The standard InChI is InChI=1S/C40H68N2O31/c1-9(48)41-17-23(54)31(14(6-46)64-35(17)62)70-36-18(42-10(2)49)24(55)32(15(7-47)68-36)71-39-30(61)33(72-37-28(59)25(56)19(50)11(3-43)65-37)22(53)16(69-39)8-63-40-34(27(58)21(52)13(5-45)67-40)73-38-29(60)26(57)20(51)12(4-44)66-38/h11-40,43-47,50-62H,3-8H2,1-2H3,(H,41,48)(H,42,49)/t11-,12-,13-,14-,15-,16-,17-,18-,19-,20-,21-,22-,23-,24-,25+,26+,27+,28+,29+,30+,31-,32-,33+,34+,35-,36+,37-,38-,39+,40+/m1/s1. The van der Waals surface area contributed by atoms with Crippen molar-refractivity contribution in [3.05, 3.63) is 0 Å². The molecule has 6 aliphatic rings. The summed E-state index contributed by atoms with van der Waals surface area (Å²) >= 11 is 0. The lowest BCUT2D eigenvalue weighted by molar-refractivity contribution is -0.389. The van der Waals surface area contributed by atoms with E-state index in [2.05, 4.69) is 10.6 Å². The summed E-state index contributed by atoms with van der Waals surface area (Å²) in [6, 6.07) is -3.30. The van der Waals surface area contributed by atoms with E-state index in [1.54, 1.807) is 0 Å². The van der Waals surface area contributed by atoms with Crippen molar-refractivity contribution in [2.75, 3.05) is 39.6 Å². The number of carbonyl (C=O) groups excluding carboxylic acids is 2. The Morgan fingerprint density at radius 3 is 1.22 bits per heavy atom. The topological polar surface area (TPSA) is 524 Å². The highest BCUT2D eigenvalue weighted by molar-refractivity contribution is 5.73. The Kier molecular flexibility index (Phi) is 21.3. The van der Waals surface area contributed by atoms with Crippen molar-refractivity contribution >= 4 is 11.8 Å². The van der Waals surface area contributed by atoms with E-state index in [0.29, 0.717) is 0 Å². The maximum absolute atomic E-state index is 12.6. The van der Waals surface area contributed by atoms with Crippen LogP contribution in [0.5, 0.6) is 0 Å². The highest BCUT2D eigenvalue weighted by Crippen LogP contribution is 2.36. The van der Waals surface area contributed by atoms with Gasteiger partial charge in [0.05, 0.1) is 39.6 Å². The zero-order valence-electron chi connectivity index (χ0n) is 38.9. The van der Waals surface area contributed by atoms with Crippen molar-refractivity contribution < 1.29 is 154 Å². The Balaban J connectivity index is 1.29. The molecule has 30 atom stereocenters. The zero-order valence-corrected chi connectivity index (χ0v) is 38.9. The summed E-state index contributed by atoms with van der Waals surface area (Å²) in [7, 11) is 0. The largest absolute Gasteiger partial charge is 0.394 e. The van der Waals surface area contributed by atoms with Crippen molar-refractivity contribution in [3.63, 3.8) is 0 Å². The second kappa shape index (κ2) is 26.0. The van der Waals surface area contributed by atoms with Crippen LogP contribution in [0.3, 0.4) is 0 Å². The highest BCUT2D eigenvalue weighted by Gasteiger charge is 2.57. The molecule has 0 aromatic carbocycles. The van der Waals surface area contributed by atoms with Gasteiger partial charge in [0.15, 0.2) is 37.7 Å². The molecule has 6 heterocycles. The summed E-state index contributed by atoms with van der Waals surface area (Å²) in [4.78, 5) is 24.5. The fourth-order valence-corrected chi connectivity index (χ4v) is 9.20. The number of hydrogen-bond donors (Lipinski definition) is 20. The Hall–Kier alpha value is -2.22. The molecule has 33 heteroatoms. The van der Waals surface area contributed by atoms with Crippen LogP contribution in [0.2, 0.25) is 0 Å². The molecule has 6 fully saturated rings. The Labute approximate surface area is 413 Å². The number of amides is 2. The predicted octanol–water partition coefficient (Wildman–Crippen LogP) is -13.8. The van der Waals surface area contributed by atoms with E-state index >= 15 is 0 Å². The third-order valence-corrected chi connectivity index (χ3v) is 13.2. The lowest BCUT2D eigenvalue weighted by Gasteiger charge is -2.50. The first kappa shape index (κ1) is 60.0. The number of carbonyl (C=O) groups is 2. The number of nitrogens with one attached hydrogen (secondary N) is 2. The first-order chi connectivity index (χ1) is 34.5. The van der Waals surface area contributed by atoms with Gasteiger partial charge >= 0.3 is 0 Å². The predicted molar refractivity (Wildman–Crippen MR) is 222 cm³/mol. The second-order valence-corrected chi connectivity index (χ2v) is 18.3. The molecule has 33 nitrogen and oxygen atoms in total. The van der Waals surface area contributed by atoms with Gasteiger partial charge in [-0.3, -0.25) is 9.59 Å². The van der Waals surface area contributed by atoms with Crippen molar-refractivity contribution in [3.8, 4) is 0 Å². The molecule has 0 radical (unpaired) electrons. The van der Waals surface area contributed by atoms with E-state index in [4.69, 9.17) is 52.1 Å². The van der Waals surface area contributed by atoms with Gasteiger partial charge in [-0.15, -0.1) is 0 Å². The van der Waals surface area contributed by atoms with Crippen LogP contribution in [0.15, 0.2) is 0 Å². The molecule has 0 unspecified atom stereocenters.